The van der Waals surface area contributed by atoms with E-state index in [0.29, 0.717) is 12.3 Å². The molecule has 1 atom stereocenters. The van der Waals surface area contributed by atoms with E-state index >= 15 is 0 Å². The van der Waals surface area contributed by atoms with Crippen molar-refractivity contribution in [2.45, 2.75) is 45.9 Å². The van der Waals surface area contributed by atoms with Gasteiger partial charge in [0.05, 0.1) is 5.60 Å². The molecule has 0 spiro atoms. The zero-order valence-electron chi connectivity index (χ0n) is 7.19. The number of aliphatic hydroxyl groups is 1. The molecule has 0 aliphatic rings. The third-order valence-corrected chi connectivity index (χ3v) is 1.44. The van der Waals surface area contributed by atoms with Crippen LogP contribution in [0.1, 0.15) is 34.1 Å². The first kappa shape index (κ1) is 9.89. The Morgan fingerprint density at radius 3 is 1.90 bits per heavy atom. The second-order valence-electron chi connectivity index (χ2n) is 3.75. The van der Waals surface area contributed by atoms with E-state index in [4.69, 9.17) is 5.11 Å². The van der Waals surface area contributed by atoms with Crippen molar-refractivity contribution >= 4 is 0 Å². The van der Waals surface area contributed by atoms with Gasteiger partial charge in [-0.3, -0.25) is 0 Å². The summed E-state index contributed by atoms with van der Waals surface area (Å²) in [7, 11) is 0. The lowest BCUT2D eigenvalue weighted by Crippen LogP contribution is -2.33. The van der Waals surface area contributed by atoms with Gasteiger partial charge in [0.15, 0.2) is 0 Å². The normalized spacial score (nSPS) is 15.9. The summed E-state index contributed by atoms with van der Waals surface area (Å²) in [5, 5.41) is 9.16. The highest BCUT2D eigenvalue weighted by atomic mass is 19.1. The molecule has 0 bridgehead atoms. The van der Waals surface area contributed by atoms with Crippen LogP contribution in [0.3, 0.4) is 0 Å². The van der Waals surface area contributed by atoms with Crippen molar-refractivity contribution in [3.8, 4) is 0 Å². The standard InChI is InChI=1S/C8H17FO/c1-6(2)5-7(9)8(3,4)10/h6-7,10H,5H2,1-4H3. The van der Waals surface area contributed by atoms with Crippen LogP contribution in [0.5, 0.6) is 0 Å². The molecule has 0 aliphatic heterocycles. The number of halogens is 1. The Kier molecular flexibility index (Phi) is 3.29. The van der Waals surface area contributed by atoms with E-state index in [2.05, 4.69) is 0 Å². The first-order valence-corrected chi connectivity index (χ1v) is 3.70. The minimum absolute atomic E-state index is 0.307. The molecule has 10 heavy (non-hydrogen) atoms. The average Bonchev–Trinajstić information content (AvgIpc) is 1.60. The molecule has 62 valence electrons. The SMILES string of the molecule is CC(C)CC(F)C(C)(C)O. The molecule has 0 aromatic heterocycles. The molecule has 1 N–H and O–H groups in total. The summed E-state index contributed by atoms with van der Waals surface area (Å²) in [6.07, 6.45) is -0.670. The van der Waals surface area contributed by atoms with E-state index in [9.17, 15) is 4.39 Å². The third-order valence-electron chi connectivity index (χ3n) is 1.44. The monoisotopic (exact) mass is 148 g/mol. The van der Waals surface area contributed by atoms with E-state index in [1.165, 1.54) is 13.8 Å². The van der Waals surface area contributed by atoms with Crippen LogP contribution in [0.4, 0.5) is 4.39 Å². The van der Waals surface area contributed by atoms with Crippen LogP contribution in [0.15, 0.2) is 0 Å². The second-order valence-corrected chi connectivity index (χ2v) is 3.75. The van der Waals surface area contributed by atoms with Crippen LogP contribution in [-0.4, -0.2) is 16.9 Å². The van der Waals surface area contributed by atoms with Crippen LogP contribution in [0.2, 0.25) is 0 Å². The van der Waals surface area contributed by atoms with Gasteiger partial charge in [-0.2, -0.15) is 0 Å². The summed E-state index contributed by atoms with van der Waals surface area (Å²) in [6.45, 7) is 6.89. The molecule has 0 heterocycles. The highest BCUT2D eigenvalue weighted by Crippen LogP contribution is 2.19. The zero-order valence-corrected chi connectivity index (χ0v) is 7.19. The van der Waals surface area contributed by atoms with Gasteiger partial charge >= 0.3 is 0 Å². The quantitative estimate of drug-likeness (QED) is 0.650. The predicted octanol–water partition coefficient (Wildman–Crippen LogP) is 2.14. The Morgan fingerprint density at radius 1 is 1.40 bits per heavy atom. The molecule has 0 saturated carbocycles. The Balaban J connectivity index is 3.73. The zero-order chi connectivity index (χ0) is 8.36. The van der Waals surface area contributed by atoms with Crippen LogP contribution >= 0.6 is 0 Å². The van der Waals surface area contributed by atoms with Gasteiger partial charge in [-0.1, -0.05) is 13.8 Å². The second kappa shape index (κ2) is 3.33. The maximum Gasteiger partial charge on any atom is 0.128 e. The van der Waals surface area contributed by atoms with Gasteiger partial charge in [-0.05, 0) is 26.2 Å². The molecular formula is C8H17FO. The smallest absolute Gasteiger partial charge is 0.128 e. The van der Waals surface area contributed by atoms with Crippen LogP contribution in [0, 0.1) is 5.92 Å². The lowest BCUT2D eigenvalue weighted by atomic mass is 9.95. The van der Waals surface area contributed by atoms with Crippen molar-refractivity contribution in [1.29, 1.82) is 0 Å². The molecule has 0 amide bonds. The van der Waals surface area contributed by atoms with Gasteiger partial charge in [0.1, 0.15) is 6.17 Å². The minimum atomic E-state index is -1.18. The Bertz CT molecular complexity index is 93.9. The van der Waals surface area contributed by atoms with Gasteiger partial charge in [0, 0.05) is 0 Å². The van der Waals surface area contributed by atoms with Crippen LogP contribution in [0.25, 0.3) is 0 Å². The lowest BCUT2D eigenvalue weighted by Gasteiger charge is -2.23. The van der Waals surface area contributed by atoms with Crippen molar-refractivity contribution < 1.29 is 9.50 Å². The molecule has 0 aromatic carbocycles. The molecule has 1 unspecified atom stereocenters. The fraction of sp³-hybridized carbons (Fsp3) is 1.00. The van der Waals surface area contributed by atoms with Gasteiger partial charge in [-0.25, -0.2) is 4.39 Å². The van der Waals surface area contributed by atoms with E-state index in [1.807, 2.05) is 13.8 Å². The number of hydrogen-bond acceptors (Lipinski definition) is 1. The summed E-state index contributed by atoms with van der Waals surface area (Å²) in [6, 6.07) is 0. The summed E-state index contributed by atoms with van der Waals surface area (Å²) in [5.41, 5.74) is -1.18. The first-order chi connectivity index (χ1) is 4.34. The fourth-order valence-electron chi connectivity index (χ4n) is 0.702. The maximum absolute atomic E-state index is 12.9. The Hall–Kier alpha value is -0.110. The Labute approximate surface area is 62.3 Å². The molecular weight excluding hydrogens is 131 g/mol. The molecule has 0 rings (SSSR count). The van der Waals surface area contributed by atoms with Gasteiger partial charge in [0.25, 0.3) is 0 Å². The minimum Gasteiger partial charge on any atom is -0.387 e. The summed E-state index contributed by atoms with van der Waals surface area (Å²) < 4.78 is 12.9. The summed E-state index contributed by atoms with van der Waals surface area (Å²) in [5.74, 6) is 0.307. The number of hydrogen-bond donors (Lipinski definition) is 1. The van der Waals surface area contributed by atoms with Crippen molar-refractivity contribution in [3.63, 3.8) is 0 Å². The molecule has 0 aliphatic carbocycles. The predicted molar refractivity (Wildman–Crippen MR) is 40.6 cm³/mol. The van der Waals surface area contributed by atoms with Crippen molar-refractivity contribution in [1.82, 2.24) is 0 Å². The number of rotatable bonds is 3. The maximum atomic E-state index is 12.9. The first-order valence-electron chi connectivity index (χ1n) is 3.70. The average molecular weight is 148 g/mol. The molecule has 2 heteroatoms. The fourth-order valence-corrected chi connectivity index (χ4v) is 0.702. The van der Waals surface area contributed by atoms with Crippen molar-refractivity contribution in [2.24, 2.45) is 5.92 Å². The molecule has 0 saturated heterocycles. The van der Waals surface area contributed by atoms with Crippen LogP contribution < -0.4 is 0 Å². The van der Waals surface area contributed by atoms with Crippen LogP contribution in [-0.2, 0) is 0 Å². The van der Waals surface area contributed by atoms with Crippen molar-refractivity contribution in [2.75, 3.05) is 0 Å². The topological polar surface area (TPSA) is 20.2 Å². The van der Waals surface area contributed by atoms with E-state index in [1.54, 1.807) is 0 Å². The molecule has 0 aromatic rings. The summed E-state index contributed by atoms with van der Waals surface area (Å²) in [4.78, 5) is 0. The largest absolute Gasteiger partial charge is 0.387 e. The molecule has 0 radical (unpaired) electrons. The van der Waals surface area contributed by atoms with Gasteiger partial charge < -0.3 is 5.11 Å². The summed E-state index contributed by atoms with van der Waals surface area (Å²) >= 11 is 0. The van der Waals surface area contributed by atoms with Gasteiger partial charge in [0.2, 0.25) is 0 Å². The van der Waals surface area contributed by atoms with Crippen molar-refractivity contribution in [3.05, 3.63) is 0 Å². The van der Waals surface area contributed by atoms with E-state index in [0.717, 1.165) is 0 Å². The lowest BCUT2D eigenvalue weighted by molar-refractivity contribution is -0.0117. The highest BCUT2D eigenvalue weighted by Gasteiger charge is 2.26. The molecule has 1 nitrogen and oxygen atoms in total. The molecule has 0 fully saturated rings. The third kappa shape index (κ3) is 3.83. The van der Waals surface area contributed by atoms with Gasteiger partial charge in [-0.15, -0.1) is 0 Å². The van der Waals surface area contributed by atoms with E-state index in [-0.39, 0.29) is 0 Å². The van der Waals surface area contributed by atoms with E-state index < -0.39 is 11.8 Å². The number of alkyl halides is 1. The highest BCUT2D eigenvalue weighted by molar-refractivity contribution is 4.77. The Morgan fingerprint density at radius 2 is 1.80 bits per heavy atom.